The van der Waals surface area contributed by atoms with E-state index >= 15 is 0 Å². The molecule has 0 saturated carbocycles. The summed E-state index contributed by atoms with van der Waals surface area (Å²) in [5, 5.41) is 17.9. The first-order valence-corrected chi connectivity index (χ1v) is 8.54. The Morgan fingerprint density at radius 2 is 1.62 bits per heavy atom. The summed E-state index contributed by atoms with van der Waals surface area (Å²) in [4.78, 5) is 34.8. The normalized spacial score (nSPS) is 11.9. The van der Waals surface area contributed by atoms with Gasteiger partial charge in [-0.15, -0.1) is 0 Å². The van der Waals surface area contributed by atoms with Crippen molar-refractivity contribution in [2.75, 3.05) is 19.7 Å². The molecule has 26 heavy (non-hydrogen) atoms. The molecule has 0 aliphatic rings. The van der Waals surface area contributed by atoms with Crippen molar-refractivity contribution in [2.24, 2.45) is 5.73 Å². The number of primary amides is 1. The molecular formula is C18H26N2O6. The van der Waals surface area contributed by atoms with E-state index in [1.807, 2.05) is 0 Å². The number of carbonyl (C=O) groups is 3. The van der Waals surface area contributed by atoms with Gasteiger partial charge in [-0.3, -0.25) is 19.3 Å². The maximum absolute atomic E-state index is 11.8. The number of carbonyl (C=O) groups excluding carboxylic acids is 1. The highest BCUT2D eigenvalue weighted by atomic mass is 16.5. The van der Waals surface area contributed by atoms with Crippen LogP contribution >= 0.6 is 0 Å². The lowest BCUT2D eigenvalue weighted by molar-refractivity contribution is -0.143. The molecule has 0 heterocycles. The second kappa shape index (κ2) is 11.1. The summed E-state index contributed by atoms with van der Waals surface area (Å²) in [5.74, 6) is -2.69. The lowest BCUT2D eigenvalue weighted by Crippen LogP contribution is -2.43. The lowest BCUT2D eigenvalue weighted by atomic mass is 10.0. The number of amides is 1. The summed E-state index contributed by atoms with van der Waals surface area (Å²) in [5.41, 5.74) is 5.80. The Morgan fingerprint density at radius 1 is 1.04 bits per heavy atom. The van der Waals surface area contributed by atoms with E-state index in [2.05, 4.69) is 6.92 Å². The van der Waals surface area contributed by atoms with Gasteiger partial charge in [0, 0.05) is 0 Å². The second-order valence-corrected chi connectivity index (χ2v) is 5.98. The van der Waals surface area contributed by atoms with E-state index in [9.17, 15) is 14.4 Å². The zero-order valence-corrected chi connectivity index (χ0v) is 14.9. The third kappa shape index (κ3) is 7.52. The molecule has 1 amide bonds. The summed E-state index contributed by atoms with van der Waals surface area (Å²) >= 11 is 0. The van der Waals surface area contributed by atoms with Crippen LogP contribution in [0.15, 0.2) is 24.3 Å². The van der Waals surface area contributed by atoms with Crippen LogP contribution < -0.4 is 10.5 Å². The number of carboxylic acids is 2. The van der Waals surface area contributed by atoms with Gasteiger partial charge in [0.25, 0.3) is 0 Å². The number of aliphatic carboxylic acids is 2. The average molecular weight is 366 g/mol. The van der Waals surface area contributed by atoms with Gasteiger partial charge in [-0.05, 0) is 24.1 Å². The van der Waals surface area contributed by atoms with E-state index in [-0.39, 0.29) is 0 Å². The van der Waals surface area contributed by atoms with Gasteiger partial charge in [-0.2, -0.15) is 0 Å². The highest BCUT2D eigenvalue weighted by Gasteiger charge is 2.29. The van der Waals surface area contributed by atoms with Crippen LogP contribution in [-0.2, 0) is 14.4 Å². The van der Waals surface area contributed by atoms with Gasteiger partial charge in [-0.1, -0.05) is 38.3 Å². The predicted molar refractivity (Wildman–Crippen MR) is 94.9 cm³/mol. The summed E-state index contributed by atoms with van der Waals surface area (Å²) in [6.07, 6.45) is 4.35. The first-order valence-electron chi connectivity index (χ1n) is 8.54. The third-order valence-electron chi connectivity index (χ3n) is 3.77. The summed E-state index contributed by atoms with van der Waals surface area (Å²) < 4.78 is 5.62. The van der Waals surface area contributed by atoms with E-state index in [1.54, 1.807) is 24.3 Å². The number of nitrogens with zero attached hydrogens (tertiary/aromatic N) is 1. The maximum Gasteiger partial charge on any atom is 0.317 e. The molecule has 0 spiro atoms. The Hall–Kier alpha value is -2.61. The third-order valence-corrected chi connectivity index (χ3v) is 3.77. The Kier molecular flexibility index (Phi) is 9.14. The Morgan fingerprint density at radius 3 is 2.08 bits per heavy atom. The molecule has 0 saturated heterocycles. The van der Waals surface area contributed by atoms with Crippen molar-refractivity contribution in [1.82, 2.24) is 4.90 Å². The van der Waals surface area contributed by atoms with Crippen molar-refractivity contribution < 1.29 is 29.3 Å². The summed E-state index contributed by atoms with van der Waals surface area (Å²) in [6.45, 7) is 1.49. The maximum atomic E-state index is 11.8. The van der Waals surface area contributed by atoms with Gasteiger partial charge >= 0.3 is 11.9 Å². The van der Waals surface area contributed by atoms with Crippen LogP contribution in [0.3, 0.4) is 0 Å². The molecule has 1 aromatic rings. The fourth-order valence-electron chi connectivity index (χ4n) is 2.61. The number of benzene rings is 1. The fourth-order valence-corrected chi connectivity index (χ4v) is 2.61. The molecule has 4 N–H and O–H groups in total. The van der Waals surface area contributed by atoms with Crippen molar-refractivity contribution in [3.8, 4) is 5.75 Å². The Balaban J connectivity index is 2.83. The molecular weight excluding hydrogens is 340 g/mol. The van der Waals surface area contributed by atoms with Gasteiger partial charge in [0.2, 0.25) is 5.91 Å². The van der Waals surface area contributed by atoms with E-state index in [1.165, 1.54) is 0 Å². The van der Waals surface area contributed by atoms with Gasteiger partial charge in [0.1, 0.15) is 11.8 Å². The summed E-state index contributed by atoms with van der Waals surface area (Å²) in [7, 11) is 0. The molecule has 1 unspecified atom stereocenters. The highest BCUT2D eigenvalue weighted by Crippen LogP contribution is 2.23. The average Bonchev–Trinajstić information content (AvgIpc) is 2.54. The van der Waals surface area contributed by atoms with Crippen LogP contribution in [0.1, 0.15) is 44.2 Å². The van der Waals surface area contributed by atoms with Crippen molar-refractivity contribution in [2.45, 2.75) is 38.6 Å². The molecule has 1 atom stereocenters. The van der Waals surface area contributed by atoms with Gasteiger partial charge in [-0.25, -0.2) is 0 Å². The molecule has 144 valence electrons. The van der Waals surface area contributed by atoms with E-state index in [0.29, 0.717) is 17.9 Å². The quantitative estimate of drug-likeness (QED) is 0.452. The molecule has 8 nitrogen and oxygen atoms in total. The number of unbranched alkanes of at least 4 members (excludes halogenated alkanes) is 3. The minimum atomic E-state index is -1.25. The molecule has 0 bridgehead atoms. The Bertz CT molecular complexity index is 586. The monoisotopic (exact) mass is 366 g/mol. The molecule has 0 fully saturated rings. The summed E-state index contributed by atoms with van der Waals surface area (Å²) in [6, 6.07) is 5.34. The van der Waals surface area contributed by atoms with Crippen LogP contribution in [0.2, 0.25) is 0 Å². The fraction of sp³-hybridized carbons (Fsp3) is 0.500. The van der Waals surface area contributed by atoms with E-state index in [0.717, 1.165) is 30.6 Å². The first-order chi connectivity index (χ1) is 12.3. The van der Waals surface area contributed by atoms with Gasteiger partial charge < -0.3 is 20.7 Å². The lowest BCUT2D eigenvalue weighted by Gasteiger charge is -2.26. The number of rotatable bonds is 13. The van der Waals surface area contributed by atoms with E-state index in [4.69, 9.17) is 20.7 Å². The van der Waals surface area contributed by atoms with Crippen LogP contribution in [0.25, 0.3) is 0 Å². The standard InChI is InChI=1S/C18H26N2O6/c1-2-3-4-5-10-26-14-8-6-13(7-9-14)17(18(19)25)20(11-15(21)22)12-16(23)24/h6-9,17H,2-5,10-12H2,1H3,(H2,19,25)(H,21,22)(H,23,24). The molecule has 8 heteroatoms. The second-order valence-electron chi connectivity index (χ2n) is 5.98. The number of hydrogen-bond acceptors (Lipinski definition) is 5. The predicted octanol–water partition coefficient (Wildman–Crippen LogP) is 1.64. The topological polar surface area (TPSA) is 130 Å². The molecule has 0 radical (unpaired) electrons. The van der Waals surface area contributed by atoms with Crippen LogP contribution in [0.5, 0.6) is 5.75 Å². The smallest absolute Gasteiger partial charge is 0.317 e. The van der Waals surface area contributed by atoms with Gasteiger partial charge in [0.15, 0.2) is 0 Å². The number of ether oxygens (including phenoxy) is 1. The zero-order valence-electron chi connectivity index (χ0n) is 14.9. The van der Waals surface area contributed by atoms with Gasteiger partial charge in [0.05, 0.1) is 19.7 Å². The van der Waals surface area contributed by atoms with Crippen molar-refractivity contribution >= 4 is 17.8 Å². The minimum absolute atomic E-state index is 0.415. The van der Waals surface area contributed by atoms with Crippen LogP contribution in [0.4, 0.5) is 0 Å². The zero-order chi connectivity index (χ0) is 19.5. The van der Waals surface area contributed by atoms with Crippen LogP contribution in [-0.4, -0.2) is 52.7 Å². The van der Waals surface area contributed by atoms with Crippen molar-refractivity contribution in [3.05, 3.63) is 29.8 Å². The number of nitrogens with two attached hydrogens (primary N) is 1. The molecule has 0 aliphatic heterocycles. The minimum Gasteiger partial charge on any atom is -0.494 e. The first kappa shape index (κ1) is 21.4. The molecule has 1 rings (SSSR count). The molecule has 0 aliphatic carbocycles. The largest absolute Gasteiger partial charge is 0.494 e. The van der Waals surface area contributed by atoms with Crippen LogP contribution in [0, 0.1) is 0 Å². The molecule has 0 aromatic heterocycles. The van der Waals surface area contributed by atoms with E-state index < -0.39 is 37.0 Å². The highest BCUT2D eigenvalue weighted by molar-refractivity contribution is 5.83. The number of hydrogen-bond donors (Lipinski definition) is 3. The SMILES string of the molecule is CCCCCCOc1ccc(C(C(N)=O)N(CC(=O)O)CC(=O)O)cc1. The van der Waals surface area contributed by atoms with Crippen molar-refractivity contribution in [3.63, 3.8) is 0 Å². The number of carboxylic acid groups (broad SMARTS) is 2. The van der Waals surface area contributed by atoms with Crippen molar-refractivity contribution in [1.29, 1.82) is 0 Å². The molecule has 1 aromatic carbocycles. The Labute approximate surface area is 152 Å².